The number of hydrogen-bond acceptors (Lipinski definition) is 8. The van der Waals surface area contributed by atoms with E-state index in [0.717, 1.165) is 11.3 Å². The maximum absolute atomic E-state index is 13.9. The fourth-order valence-corrected chi connectivity index (χ4v) is 7.89. The zero-order valence-corrected chi connectivity index (χ0v) is 29.4. The lowest BCUT2D eigenvalue weighted by Crippen LogP contribution is -2.51. The van der Waals surface area contributed by atoms with Gasteiger partial charge in [-0.25, -0.2) is 9.37 Å². The lowest BCUT2D eigenvalue weighted by Gasteiger charge is -2.32. The molecule has 8 rings (SSSR count). The fraction of sp³-hybridized carbons (Fsp3) is 0.342. The highest BCUT2D eigenvalue weighted by atomic mass is 35.5. The van der Waals surface area contributed by atoms with E-state index in [-0.39, 0.29) is 48.7 Å². The fourth-order valence-electron chi connectivity index (χ4n) is 7.72. The van der Waals surface area contributed by atoms with Crippen molar-refractivity contribution in [2.75, 3.05) is 19.7 Å². The number of likely N-dealkylation sites (tertiary alicyclic amines) is 1. The summed E-state index contributed by atoms with van der Waals surface area (Å²) >= 11 is 6.18. The van der Waals surface area contributed by atoms with Crippen molar-refractivity contribution >= 4 is 40.4 Å². The smallest absolute Gasteiger partial charge is 0.277 e. The summed E-state index contributed by atoms with van der Waals surface area (Å²) in [5.41, 5.74) is 4.75. The molecule has 5 heterocycles. The second-order valence-electron chi connectivity index (χ2n) is 13.8. The summed E-state index contributed by atoms with van der Waals surface area (Å²) in [4.78, 5) is 62.7. The SMILES string of the molecule is O=C1CCC(N2Cc3c(OCC(=O)N4CCC(c5[nH]n(-c6nc7ccc(Cl)cc7[nH]6)c(=O)c5CCc5ccc(F)cc5)CC4)cccc3C2O)C(=O)N1. The highest BCUT2D eigenvalue weighted by Crippen LogP contribution is 2.40. The van der Waals surface area contributed by atoms with Gasteiger partial charge in [0.15, 0.2) is 6.61 Å². The summed E-state index contributed by atoms with van der Waals surface area (Å²) in [6, 6.07) is 16.1. The molecule has 3 aliphatic rings. The van der Waals surface area contributed by atoms with Crippen LogP contribution >= 0.6 is 11.6 Å². The number of aliphatic hydroxyl groups is 1. The van der Waals surface area contributed by atoms with E-state index < -0.39 is 18.2 Å². The van der Waals surface area contributed by atoms with Crippen molar-refractivity contribution in [3.63, 3.8) is 0 Å². The van der Waals surface area contributed by atoms with Crippen LogP contribution in [-0.2, 0) is 33.8 Å². The van der Waals surface area contributed by atoms with E-state index in [9.17, 15) is 28.7 Å². The molecule has 2 unspecified atom stereocenters. The predicted molar refractivity (Wildman–Crippen MR) is 192 cm³/mol. The Labute approximate surface area is 307 Å². The molecule has 15 heteroatoms. The molecule has 2 fully saturated rings. The van der Waals surface area contributed by atoms with Crippen LogP contribution in [0.2, 0.25) is 5.02 Å². The Morgan fingerprint density at radius 1 is 1.02 bits per heavy atom. The first-order valence-corrected chi connectivity index (χ1v) is 18.0. The Morgan fingerprint density at radius 2 is 1.81 bits per heavy atom. The normalized spacial score (nSPS) is 19.5. The number of fused-ring (bicyclic) bond motifs is 2. The van der Waals surface area contributed by atoms with E-state index in [1.54, 1.807) is 58.3 Å². The Kier molecular flexibility index (Phi) is 9.35. The van der Waals surface area contributed by atoms with Crippen LogP contribution in [0.5, 0.6) is 5.75 Å². The second-order valence-corrected chi connectivity index (χ2v) is 14.2. The molecule has 3 aliphatic heterocycles. The van der Waals surface area contributed by atoms with Gasteiger partial charge in [0.1, 0.15) is 17.8 Å². The number of ether oxygens (including phenoxy) is 1. The number of piperidine rings is 2. The van der Waals surface area contributed by atoms with Crippen molar-refractivity contribution in [3.8, 4) is 11.7 Å². The Bertz CT molecular complexity index is 2280. The van der Waals surface area contributed by atoms with Gasteiger partial charge in [0.2, 0.25) is 17.8 Å². The van der Waals surface area contributed by atoms with E-state index in [2.05, 4.69) is 20.4 Å². The van der Waals surface area contributed by atoms with Gasteiger partial charge < -0.3 is 19.7 Å². The molecule has 2 atom stereocenters. The second kappa shape index (κ2) is 14.3. The van der Waals surface area contributed by atoms with Gasteiger partial charge in [0.25, 0.3) is 11.5 Å². The molecule has 274 valence electrons. The minimum absolute atomic E-state index is 0.0342. The van der Waals surface area contributed by atoms with E-state index in [4.69, 9.17) is 16.3 Å². The average Bonchev–Trinajstić information content (AvgIpc) is 3.83. The van der Waals surface area contributed by atoms with Crippen molar-refractivity contribution in [2.24, 2.45) is 0 Å². The first-order valence-electron chi connectivity index (χ1n) is 17.7. The van der Waals surface area contributed by atoms with Crippen LogP contribution < -0.4 is 15.6 Å². The highest BCUT2D eigenvalue weighted by Gasteiger charge is 2.41. The van der Waals surface area contributed by atoms with E-state index in [1.807, 2.05) is 0 Å². The highest BCUT2D eigenvalue weighted by molar-refractivity contribution is 6.31. The van der Waals surface area contributed by atoms with Gasteiger partial charge in [-0.05, 0) is 74.1 Å². The minimum Gasteiger partial charge on any atom is -0.483 e. The number of aliphatic hydroxyl groups excluding tert-OH is 1. The Morgan fingerprint density at radius 3 is 2.58 bits per heavy atom. The molecule has 0 radical (unpaired) electrons. The number of aromatic nitrogens is 4. The van der Waals surface area contributed by atoms with Crippen LogP contribution in [0, 0.1) is 5.82 Å². The standard InChI is InChI=1S/C38H37ClFN7O6/c39-23-7-11-28-29(18-23)42-38(41-28)47-37(52)26(10-6-21-4-8-24(40)9-5-21)34(44-47)22-14-16-45(17-15-22)33(49)20-53-31-3-1-2-25-27(31)19-46(36(25)51)30-12-13-32(48)43-35(30)50/h1-5,7-9,11,18,22,30,36,44,51H,6,10,12-17,19-20H2,(H,41,42)(H,43,48,50). The monoisotopic (exact) mass is 741 g/mol. The maximum Gasteiger partial charge on any atom is 0.277 e. The zero-order chi connectivity index (χ0) is 36.8. The van der Waals surface area contributed by atoms with Gasteiger partial charge >= 0.3 is 0 Å². The number of nitrogens with zero attached hydrogens (tertiary/aromatic N) is 4. The molecular formula is C38H37ClFN7O6. The molecule has 13 nitrogen and oxygen atoms in total. The zero-order valence-electron chi connectivity index (χ0n) is 28.6. The third kappa shape index (κ3) is 6.85. The molecule has 3 amide bonds. The van der Waals surface area contributed by atoms with Crippen molar-refractivity contribution < 1.29 is 28.6 Å². The average molecular weight is 742 g/mol. The maximum atomic E-state index is 13.9. The van der Waals surface area contributed by atoms with Gasteiger partial charge in [-0.1, -0.05) is 35.9 Å². The number of carbonyl (C=O) groups excluding carboxylic acids is 3. The van der Waals surface area contributed by atoms with Crippen molar-refractivity contribution in [3.05, 3.63) is 110 Å². The van der Waals surface area contributed by atoms with Gasteiger partial charge in [-0.3, -0.25) is 34.5 Å². The molecule has 0 spiro atoms. The number of imidazole rings is 1. The molecule has 2 aromatic heterocycles. The third-order valence-corrected chi connectivity index (χ3v) is 10.8. The number of H-pyrrole nitrogens is 2. The van der Waals surface area contributed by atoms with Gasteiger partial charge in [0.05, 0.1) is 17.1 Å². The van der Waals surface area contributed by atoms with E-state index >= 15 is 0 Å². The number of rotatable bonds is 9. The summed E-state index contributed by atoms with van der Waals surface area (Å²) in [5.74, 6) is -0.513. The topological polar surface area (TPSA) is 166 Å². The molecule has 3 aromatic carbocycles. The van der Waals surface area contributed by atoms with Crippen LogP contribution in [-0.4, -0.2) is 78.1 Å². The van der Waals surface area contributed by atoms with Crippen LogP contribution in [0.4, 0.5) is 4.39 Å². The van der Waals surface area contributed by atoms with Crippen molar-refractivity contribution in [1.82, 2.24) is 34.9 Å². The van der Waals surface area contributed by atoms with Gasteiger partial charge in [-0.15, -0.1) is 0 Å². The lowest BCUT2D eigenvalue weighted by molar-refractivity contribution is -0.141. The van der Waals surface area contributed by atoms with Crippen molar-refractivity contribution in [2.45, 2.75) is 63.3 Å². The van der Waals surface area contributed by atoms with Gasteiger partial charge in [-0.2, -0.15) is 4.68 Å². The Hall–Kier alpha value is -5.31. The van der Waals surface area contributed by atoms with E-state index in [1.165, 1.54) is 16.8 Å². The van der Waals surface area contributed by atoms with Crippen LogP contribution in [0.15, 0.2) is 65.5 Å². The molecular weight excluding hydrogens is 705 g/mol. The van der Waals surface area contributed by atoms with Crippen LogP contribution in [0.1, 0.15) is 65.8 Å². The number of benzene rings is 3. The largest absolute Gasteiger partial charge is 0.483 e. The summed E-state index contributed by atoms with van der Waals surface area (Å²) in [7, 11) is 0. The summed E-state index contributed by atoms with van der Waals surface area (Å²) in [6.07, 6.45) is 1.65. The van der Waals surface area contributed by atoms with Gasteiger partial charge in [0, 0.05) is 59.4 Å². The molecule has 4 N–H and O–H groups in total. The molecule has 2 saturated heterocycles. The number of nitrogens with one attached hydrogen (secondary N) is 3. The number of aryl methyl sites for hydroxylation is 1. The minimum atomic E-state index is -1.04. The molecule has 0 saturated carbocycles. The molecule has 53 heavy (non-hydrogen) atoms. The molecule has 5 aromatic rings. The molecule has 0 bridgehead atoms. The number of imide groups is 1. The first kappa shape index (κ1) is 34.8. The summed E-state index contributed by atoms with van der Waals surface area (Å²) in [6.45, 7) is 0.939. The number of carbonyl (C=O) groups is 3. The van der Waals surface area contributed by atoms with Crippen LogP contribution in [0.3, 0.4) is 0 Å². The lowest BCUT2D eigenvalue weighted by atomic mass is 9.90. The van der Waals surface area contributed by atoms with Crippen molar-refractivity contribution in [1.29, 1.82) is 0 Å². The summed E-state index contributed by atoms with van der Waals surface area (Å²) in [5, 5.41) is 17.2. The number of halogens is 2. The number of amides is 3. The Balaban J connectivity index is 0.951. The third-order valence-electron chi connectivity index (χ3n) is 10.6. The predicted octanol–water partition coefficient (Wildman–Crippen LogP) is 4.02. The molecule has 0 aliphatic carbocycles. The first-order chi connectivity index (χ1) is 25.6. The number of aromatic amines is 2. The number of hydrogen-bond donors (Lipinski definition) is 4. The summed E-state index contributed by atoms with van der Waals surface area (Å²) < 4.78 is 21.0. The van der Waals surface area contributed by atoms with E-state index in [0.29, 0.717) is 89.6 Å². The quantitative estimate of drug-likeness (QED) is 0.165. The van der Waals surface area contributed by atoms with Crippen LogP contribution in [0.25, 0.3) is 17.0 Å².